The minimum atomic E-state index is -3.77. The molecule has 1 aliphatic heterocycles. The molecule has 0 aromatic heterocycles. The molecule has 0 saturated carbocycles. The standard InChI is InChI=1S/C19H29Cl2NO6SSi/c1-26-7-9-29(24,25)22-12-14(11-17(22)23)18-16(6-5-15(20)19(18)21)28-13-27-8-10-30(2,3)4/h5-6,14H,7-13H2,1-4H3. The first-order valence-electron chi connectivity index (χ1n) is 9.67. The van der Waals surface area contributed by atoms with E-state index in [1.165, 1.54) is 7.11 Å². The number of benzene rings is 1. The maximum atomic E-state index is 12.5. The second kappa shape index (κ2) is 10.6. The highest BCUT2D eigenvalue weighted by Crippen LogP contribution is 2.42. The highest BCUT2D eigenvalue weighted by atomic mass is 35.5. The van der Waals surface area contributed by atoms with Crippen LogP contribution in [0.4, 0.5) is 0 Å². The van der Waals surface area contributed by atoms with Crippen LogP contribution in [0.25, 0.3) is 0 Å². The number of ether oxygens (including phenoxy) is 3. The average Bonchev–Trinajstić information content (AvgIpc) is 3.04. The van der Waals surface area contributed by atoms with Crippen molar-refractivity contribution < 1.29 is 27.4 Å². The van der Waals surface area contributed by atoms with Gasteiger partial charge in [0.15, 0.2) is 6.79 Å². The summed E-state index contributed by atoms with van der Waals surface area (Å²) < 4.78 is 42.0. The Morgan fingerprint density at radius 3 is 2.53 bits per heavy atom. The second-order valence-electron chi connectivity index (χ2n) is 8.39. The van der Waals surface area contributed by atoms with Crippen molar-refractivity contribution >= 4 is 47.2 Å². The van der Waals surface area contributed by atoms with Gasteiger partial charge in [-0.25, -0.2) is 12.7 Å². The Bertz CT molecular complexity index is 859. The minimum Gasteiger partial charge on any atom is -0.467 e. The van der Waals surface area contributed by atoms with Crippen LogP contribution in [0.15, 0.2) is 12.1 Å². The molecule has 1 atom stereocenters. The fourth-order valence-electron chi connectivity index (χ4n) is 3.04. The lowest BCUT2D eigenvalue weighted by Gasteiger charge is -2.20. The van der Waals surface area contributed by atoms with Crippen LogP contribution in [0, 0.1) is 0 Å². The first-order valence-corrected chi connectivity index (χ1v) is 15.7. The average molecular weight is 499 g/mol. The van der Waals surface area contributed by atoms with Gasteiger partial charge >= 0.3 is 0 Å². The highest BCUT2D eigenvalue weighted by molar-refractivity contribution is 7.89. The van der Waals surface area contributed by atoms with Crippen molar-refractivity contribution in [1.82, 2.24) is 4.31 Å². The molecule has 30 heavy (non-hydrogen) atoms. The molecule has 11 heteroatoms. The zero-order valence-corrected chi connectivity index (χ0v) is 21.1. The maximum absolute atomic E-state index is 12.5. The third kappa shape index (κ3) is 6.83. The van der Waals surface area contributed by atoms with E-state index in [-0.39, 0.29) is 37.1 Å². The predicted octanol–water partition coefficient (Wildman–Crippen LogP) is 3.98. The van der Waals surface area contributed by atoms with Crippen molar-refractivity contribution in [2.45, 2.75) is 38.0 Å². The van der Waals surface area contributed by atoms with Crippen LogP contribution in [-0.2, 0) is 24.3 Å². The van der Waals surface area contributed by atoms with Gasteiger partial charge in [-0.2, -0.15) is 0 Å². The van der Waals surface area contributed by atoms with Gasteiger partial charge in [0.2, 0.25) is 15.9 Å². The first-order chi connectivity index (χ1) is 14.0. The van der Waals surface area contributed by atoms with Crippen LogP contribution in [0.3, 0.4) is 0 Å². The fraction of sp³-hybridized carbons (Fsp3) is 0.632. The number of rotatable bonds is 11. The Kier molecular flexibility index (Phi) is 9.02. The Labute approximate surface area is 189 Å². The van der Waals surface area contributed by atoms with Crippen LogP contribution in [0.5, 0.6) is 5.75 Å². The number of hydrogen-bond donors (Lipinski definition) is 0. The van der Waals surface area contributed by atoms with Crippen molar-refractivity contribution in [2.75, 3.05) is 39.4 Å². The molecule has 0 N–H and O–H groups in total. The van der Waals surface area contributed by atoms with Crippen LogP contribution in [0.1, 0.15) is 17.9 Å². The minimum absolute atomic E-state index is 0.000877. The molecule has 1 fully saturated rings. The highest BCUT2D eigenvalue weighted by Gasteiger charge is 2.40. The molecule has 7 nitrogen and oxygen atoms in total. The topological polar surface area (TPSA) is 82.1 Å². The monoisotopic (exact) mass is 497 g/mol. The largest absolute Gasteiger partial charge is 0.467 e. The fourth-order valence-corrected chi connectivity index (χ4v) is 5.66. The number of amides is 1. The van der Waals surface area contributed by atoms with Gasteiger partial charge in [-0.15, -0.1) is 0 Å². The Morgan fingerprint density at radius 2 is 1.90 bits per heavy atom. The van der Waals surface area contributed by atoms with E-state index in [0.29, 0.717) is 22.9 Å². The van der Waals surface area contributed by atoms with E-state index in [1.807, 2.05) is 0 Å². The van der Waals surface area contributed by atoms with Crippen molar-refractivity contribution in [3.63, 3.8) is 0 Å². The molecule has 1 saturated heterocycles. The smallest absolute Gasteiger partial charge is 0.239 e. The molecule has 0 aliphatic carbocycles. The van der Waals surface area contributed by atoms with Gasteiger partial charge in [0.25, 0.3) is 0 Å². The molecule has 2 rings (SSSR count). The SMILES string of the molecule is COCCS(=O)(=O)N1CC(c2c(OCOCC[Si](C)(C)C)ccc(Cl)c2Cl)CC1=O. The molecule has 0 radical (unpaired) electrons. The summed E-state index contributed by atoms with van der Waals surface area (Å²) in [6, 6.07) is 4.28. The molecule has 1 amide bonds. The summed E-state index contributed by atoms with van der Waals surface area (Å²) in [6.07, 6.45) is -0.000877. The summed E-state index contributed by atoms with van der Waals surface area (Å²) in [4.78, 5) is 12.4. The molecule has 1 heterocycles. The first kappa shape index (κ1) is 25.4. The molecule has 0 bridgehead atoms. The summed E-state index contributed by atoms with van der Waals surface area (Å²) >= 11 is 12.6. The molecule has 0 spiro atoms. The molecule has 1 aliphatic rings. The van der Waals surface area contributed by atoms with E-state index in [2.05, 4.69) is 19.6 Å². The number of sulfonamides is 1. The normalized spacial score (nSPS) is 17.6. The second-order valence-corrected chi connectivity index (χ2v) is 16.8. The van der Waals surface area contributed by atoms with Crippen LogP contribution < -0.4 is 4.74 Å². The van der Waals surface area contributed by atoms with E-state index in [4.69, 9.17) is 37.4 Å². The maximum Gasteiger partial charge on any atom is 0.239 e. The number of halogens is 2. The Morgan fingerprint density at radius 1 is 1.20 bits per heavy atom. The molecular formula is C19H29Cl2NO6SSi. The van der Waals surface area contributed by atoms with E-state index in [9.17, 15) is 13.2 Å². The number of methoxy groups -OCH3 is 1. The Hall–Kier alpha value is -0.843. The summed E-state index contributed by atoms with van der Waals surface area (Å²) in [5, 5.41) is 0.567. The van der Waals surface area contributed by atoms with Crippen LogP contribution >= 0.6 is 23.2 Å². The molecule has 170 valence electrons. The quantitative estimate of drug-likeness (QED) is 0.261. The molecule has 1 aromatic carbocycles. The van der Waals surface area contributed by atoms with Crippen molar-refractivity contribution in [3.8, 4) is 5.75 Å². The molecule has 1 aromatic rings. The lowest BCUT2D eigenvalue weighted by atomic mass is 9.97. The van der Waals surface area contributed by atoms with Crippen molar-refractivity contribution in [2.24, 2.45) is 0 Å². The number of hydrogen-bond acceptors (Lipinski definition) is 6. The van der Waals surface area contributed by atoms with Gasteiger partial charge in [-0.05, 0) is 18.2 Å². The van der Waals surface area contributed by atoms with Gasteiger partial charge in [0.1, 0.15) is 5.75 Å². The summed E-state index contributed by atoms with van der Waals surface area (Å²) in [5.74, 6) is -0.770. The van der Waals surface area contributed by atoms with Gasteiger partial charge in [0, 0.05) is 46.2 Å². The van der Waals surface area contributed by atoms with Gasteiger partial charge in [0.05, 0.1) is 22.4 Å². The lowest BCUT2D eigenvalue weighted by molar-refractivity contribution is -0.123. The van der Waals surface area contributed by atoms with Gasteiger partial charge in [-0.3, -0.25) is 4.79 Å². The lowest BCUT2D eigenvalue weighted by Crippen LogP contribution is -2.35. The van der Waals surface area contributed by atoms with Crippen molar-refractivity contribution in [1.29, 1.82) is 0 Å². The van der Waals surface area contributed by atoms with E-state index < -0.39 is 29.9 Å². The van der Waals surface area contributed by atoms with Gasteiger partial charge in [-0.1, -0.05) is 42.8 Å². The Balaban J connectivity index is 2.14. The molecular weight excluding hydrogens is 469 g/mol. The van der Waals surface area contributed by atoms with Crippen LogP contribution in [-0.4, -0.2) is 66.1 Å². The van der Waals surface area contributed by atoms with E-state index >= 15 is 0 Å². The summed E-state index contributed by atoms with van der Waals surface area (Å²) in [6.45, 7) is 7.41. The molecule has 1 unspecified atom stereocenters. The van der Waals surface area contributed by atoms with E-state index in [1.54, 1.807) is 12.1 Å². The number of nitrogens with zero attached hydrogens (tertiary/aromatic N) is 1. The third-order valence-electron chi connectivity index (χ3n) is 4.76. The summed E-state index contributed by atoms with van der Waals surface area (Å²) in [7, 11) is -3.56. The zero-order valence-electron chi connectivity index (χ0n) is 17.7. The van der Waals surface area contributed by atoms with Crippen LogP contribution in [0.2, 0.25) is 35.7 Å². The third-order valence-corrected chi connectivity index (χ3v) is 8.99. The zero-order chi connectivity index (χ0) is 22.5. The van der Waals surface area contributed by atoms with E-state index in [0.717, 1.165) is 10.3 Å². The number of carbonyl (C=O) groups excluding carboxylic acids is 1. The predicted molar refractivity (Wildman–Crippen MR) is 121 cm³/mol. The summed E-state index contributed by atoms with van der Waals surface area (Å²) in [5.41, 5.74) is 0.524. The van der Waals surface area contributed by atoms with Crippen molar-refractivity contribution in [3.05, 3.63) is 27.7 Å². The number of carbonyl (C=O) groups is 1. The van der Waals surface area contributed by atoms with Gasteiger partial charge < -0.3 is 14.2 Å².